The van der Waals surface area contributed by atoms with Crippen molar-refractivity contribution in [1.29, 1.82) is 0 Å². The van der Waals surface area contributed by atoms with Gasteiger partial charge in [-0.1, -0.05) is 26.7 Å². The number of hydrogen-bond acceptors (Lipinski definition) is 3. The minimum Gasteiger partial charge on any atom is -0.466 e. The van der Waals surface area contributed by atoms with E-state index in [0.29, 0.717) is 18.4 Å². The van der Waals surface area contributed by atoms with Crippen molar-refractivity contribution >= 4 is 5.97 Å². The van der Waals surface area contributed by atoms with E-state index in [2.05, 4.69) is 13.8 Å². The van der Waals surface area contributed by atoms with E-state index in [1.807, 2.05) is 0 Å². The van der Waals surface area contributed by atoms with Gasteiger partial charge in [-0.15, -0.1) is 0 Å². The molecule has 3 heteroatoms. The van der Waals surface area contributed by atoms with Crippen LogP contribution in [0.2, 0.25) is 0 Å². The molecule has 0 aromatic heterocycles. The Morgan fingerprint density at radius 3 is 2.33 bits per heavy atom. The van der Waals surface area contributed by atoms with Gasteiger partial charge in [-0.05, 0) is 24.7 Å². The lowest BCUT2D eigenvalue weighted by Crippen LogP contribution is -2.06. The summed E-state index contributed by atoms with van der Waals surface area (Å²) in [6.07, 6.45) is 4.30. The van der Waals surface area contributed by atoms with Crippen LogP contribution in [0.5, 0.6) is 0 Å². The maximum absolute atomic E-state index is 10.5. The van der Waals surface area contributed by atoms with Crippen LogP contribution in [-0.2, 0) is 9.53 Å². The van der Waals surface area contributed by atoms with Crippen LogP contribution >= 0.6 is 0 Å². The molecule has 0 fully saturated rings. The molecule has 0 aliphatic rings. The van der Waals surface area contributed by atoms with Crippen LogP contribution < -0.4 is 0 Å². The molecular weight excluding hydrogens is 192 g/mol. The molecule has 15 heavy (non-hydrogen) atoms. The monoisotopic (exact) mass is 216 g/mol. The first-order valence-corrected chi connectivity index (χ1v) is 5.80. The smallest absolute Gasteiger partial charge is 0.302 e. The molecule has 0 radical (unpaired) electrons. The Labute approximate surface area is 92.8 Å². The second kappa shape index (κ2) is 8.72. The van der Waals surface area contributed by atoms with Gasteiger partial charge in [0, 0.05) is 13.5 Å². The minimum atomic E-state index is -0.198. The number of esters is 1. The Hall–Kier alpha value is -0.570. The number of ether oxygens (including phenoxy) is 1. The molecule has 0 aromatic carbocycles. The predicted octanol–water partition coefficient (Wildman–Crippen LogP) is 2.37. The van der Waals surface area contributed by atoms with Crippen molar-refractivity contribution < 1.29 is 14.6 Å². The second-order valence-electron chi connectivity index (χ2n) is 4.45. The average molecular weight is 216 g/mol. The van der Waals surface area contributed by atoms with E-state index in [-0.39, 0.29) is 12.6 Å². The molecule has 1 N–H and O–H groups in total. The Bertz CT molecular complexity index is 168. The molecule has 0 rings (SSSR count). The molecule has 0 aliphatic heterocycles. The van der Waals surface area contributed by atoms with Gasteiger partial charge in [-0.2, -0.15) is 0 Å². The number of carbonyl (C=O) groups excluding carboxylic acids is 1. The highest BCUT2D eigenvalue weighted by Gasteiger charge is 2.05. The van der Waals surface area contributed by atoms with Crippen molar-refractivity contribution in [3.8, 4) is 0 Å². The number of rotatable bonds is 8. The standard InChI is InChI=1S/C12H24O3/c1-10(7-8-15-12(3)14)5-4-6-11(2)9-13/h10-11,13H,4-9H2,1-3H3/t10-,11-/m0/s1. The Balaban J connectivity index is 3.33. The van der Waals surface area contributed by atoms with Crippen molar-refractivity contribution in [3.05, 3.63) is 0 Å². The fourth-order valence-electron chi connectivity index (χ4n) is 1.45. The highest BCUT2D eigenvalue weighted by atomic mass is 16.5. The van der Waals surface area contributed by atoms with Crippen LogP contribution in [0, 0.1) is 11.8 Å². The van der Waals surface area contributed by atoms with Crippen LogP contribution in [0.4, 0.5) is 0 Å². The first-order valence-electron chi connectivity index (χ1n) is 5.80. The summed E-state index contributed by atoms with van der Waals surface area (Å²) in [5.41, 5.74) is 0. The molecule has 0 aliphatic carbocycles. The van der Waals surface area contributed by atoms with E-state index < -0.39 is 0 Å². The number of aliphatic hydroxyl groups is 1. The van der Waals surface area contributed by atoms with E-state index in [0.717, 1.165) is 25.7 Å². The SMILES string of the molecule is CC(=O)OCC[C@@H](C)CCC[C@H](C)CO. The van der Waals surface area contributed by atoms with E-state index in [1.165, 1.54) is 6.92 Å². The second-order valence-corrected chi connectivity index (χ2v) is 4.45. The van der Waals surface area contributed by atoms with Crippen molar-refractivity contribution in [1.82, 2.24) is 0 Å². The number of aliphatic hydroxyl groups excluding tert-OH is 1. The summed E-state index contributed by atoms with van der Waals surface area (Å²) in [4.78, 5) is 10.5. The lowest BCUT2D eigenvalue weighted by molar-refractivity contribution is -0.141. The highest BCUT2D eigenvalue weighted by Crippen LogP contribution is 2.15. The molecule has 0 bridgehead atoms. The summed E-state index contributed by atoms with van der Waals surface area (Å²) >= 11 is 0. The molecule has 0 spiro atoms. The Kier molecular flexibility index (Phi) is 8.38. The summed E-state index contributed by atoms with van der Waals surface area (Å²) < 4.78 is 4.88. The summed E-state index contributed by atoms with van der Waals surface area (Å²) in [5, 5.41) is 8.85. The normalized spacial score (nSPS) is 14.7. The topological polar surface area (TPSA) is 46.5 Å². The van der Waals surface area contributed by atoms with Gasteiger partial charge in [0.15, 0.2) is 0 Å². The lowest BCUT2D eigenvalue weighted by Gasteiger charge is -2.12. The average Bonchev–Trinajstić information content (AvgIpc) is 2.17. The maximum atomic E-state index is 10.5. The third-order valence-electron chi connectivity index (χ3n) is 2.62. The molecule has 90 valence electrons. The molecule has 2 atom stereocenters. The van der Waals surface area contributed by atoms with Crippen molar-refractivity contribution in [3.63, 3.8) is 0 Å². The zero-order valence-corrected chi connectivity index (χ0v) is 10.2. The molecule has 3 nitrogen and oxygen atoms in total. The Morgan fingerprint density at radius 1 is 1.20 bits per heavy atom. The lowest BCUT2D eigenvalue weighted by atomic mass is 9.97. The quantitative estimate of drug-likeness (QED) is 0.634. The van der Waals surface area contributed by atoms with Gasteiger partial charge in [0.25, 0.3) is 0 Å². The molecule has 0 aromatic rings. The van der Waals surface area contributed by atoms with Gasteiger partial charge in [0.05, 0.1) is 6.61 Å². The van der Waals surface area contributed by atoms with E-state index in [9.17, 15) is 4.79 Å². The van der Waals surface area contributed by atoms with Gasteiger partial charge in [-0.3, -0.25) is 4.79 Å². The van der Waals surface area contributed by atoms with Gasteiger partial charge in [0.1, 0.15) is 0 Å². The van der Waals surface area contributed by atoms with Gasteiger partial charge < -0.3 is 9.84 Å². The summed E-state index contributed by atoms with van der Waals surface area (Å²) in [6.45, 7) is 6.48. The Morgan fingerprint density at radius 2 is 1.80 bits per heavy atom. The summed E-state index contributed by atoms with van der Waals surface area (Å²) in [7, 11) is 0. The van der Waals surface area contributed by atoms with Crippen LogP contribution in [0.15, 0.2) is 0 Å². The zero-order chi connectivity index (χ0) is 11.7. The van der Waals surface area contributed by atoms with Crippen LogP contribution in [0.1, 0.15) is 46.5 Å². The first kappa shape index (κ1) is 14.4. The van der Waals surface area contributed by atoms with E-state index >= 15 is 0 Å². The largest absolute Gasteiger partial charge is 0.466 e. The molecule has 0 amide bonds. The number of hydrogen-bond donors (Lipinski definition) is 1. The van der Waals surface area contributed by atoms with Crippen molar-refractivity contribution in [2.45, 2.75) is 46.5 Å². The van der Waals surface area contributed by atoms with E-state index in [1.54, 1.807) is 0 Å². The molecular formula is C12H24O3. The minimum absolute atomic E-state index is 0.198. The van der Waals surface area contributed by atoms with Gasteiger partial charge >= 0.3 is 5.97 Å². The van der Waals surface area contributed by atoms with Crippen LogP contribution in [0.3, 0.4) is 0 Å². The molecule has 0 saturated heterocycles. The van der Waals surface area contributed by atoms with E-state index in [4.69, 9.17) is 9.84 Å². The third-order valence-corrected chi connectivity index (χ3v) is 2.62. The molecule has 0 unspecified atom stereocenters. The first-order chi connectivity index (χ1) is 7.06. The summed E-state index contributed by atoms with van der Waals surface area (Å²) in [6, 6.07) is 0. The number of carbonyl (C=O) groups is 1. The van der Waals surface area contributed by atoms with Crippen molar-refractivity contribution in [2.24, 2.45) is 11.8 Å². The summed E-state index contributed by atoms with van der Waals surface area (Å²) in [5.74, 6) is 0.803. The third kappa shape index (κ3) is 9.73. The predicted molar refractivity (Wildman–Crippen MR) is 60.5 cm³/mol. The zero-order valence-electron chi connectivity index (χ0n) is 10.2. The molecule has 0 heterocycles. The van der Waals surface area contributed by atoms with Crippen LogP contribution in [0.25, 0.3) is 0 Å². The van der Waals surface area contributed by atoms with Crippen molar-refractivity contribution in [2.75, 3.05) is 13.2 Å². The molecule has 0 saturated carbocycles. The highest BCUT2D eigenvalue weighted by molar-refractivity contribution is 5.65. The van der Waals surface area contributed by atoms with Gasteiger partial charge in [-0.25, -0.2) is 0 Å². The van der Waals surface area contributed by atoms with Crippen LogP contribution in [-0.4, -0.2) is 24.3 Å². The fourth-order valence-corrected chi connectivity index (χ4v) is 1.45. The maximum Gasteiger partial charge on any atom is 0.302 e. The van der Waals surface area contributed by atoms with Gasteiger partial charge in [0.2, 0.25) is 0 Å². The fraction of sp³-hybridized carbons (Fsp3) is 0.917.